The molecule has 0 atom stereocenters. The first-order valence-corrected chi connectivity index (χ1v) is 10.2. The molecule has 1 aliphatic rings. The molecule has 2 aromatic carbocycles. The summed E-state index contributed by atoms with van der Waals surface area (Å²) in [4.78, 5) is 2.31. The van der Waals surface area contributed by atoms with Gasteiger partial charge < -0.3 is 4.42 Å². The van der Waals surface area contributed by atoms with Crippen LogP contribution in [0.4, 0.5) is 4.39 Å². The van der Waals surface area contributed by atoms with Gasteiger partial charge in [-0.3, -0.25) is 9.58 Å². The van der Waals surface area contributed by atoms with Crippen LogP contribution in [0, 0.1) is 0 Å². The van der Waals surface area contributed by atoms with E-state index in [9.17, 15) is 4.39 Å². The lowest BCUT2D eigenvalue weighted by molar-refractivity contribution is 0.145. The first-order chi connectivity index (χ1) is 14.2. The van der Waals surface area contributed by atoms with Crippen LogP contribution in [0.25, 0.3) is 22.4 Å². The van der Waals surface area contributed by atoms with Gasteiger partial charge in [-0.1, -0.05) is 48.5 Å². The van der Waals surface area contributed by atoms with Gasteiger partial charge in [0.2, 0.25) is 0 Å². The van der Waals surface area contributed by atoms with Gasteiger partial charge in [0.15, 0.2) is 5.76 Å². The van der Waals surface area contributed by atoms with Gasteiger partial charge in [0, 0.05) is 36.8 Å². The Bertz CT molecular complexity index is 1060. The predicted molar refractivity (Wildman–Crippen MR) is 112 cm³/mol. The third kappa shape index (κ3) is 3.96. The zero-order valence-electron chi connectivity index (χ0n) is 16.3. The fourth-order valence-corrected chi connectivity index (χ4v) is 4.04. The van der Waals surface area contributed by atoms with Gasteiger partial charge in [0.05, 0.1) is 6.54 Å². The number of benzene rings is 2. The van der Waals surface area contributed by atoms with E-state index in [0.717, 1.165) is 47.6 Å². The second-order valence-electron chi connectivity index (χ2n) is 7.79. The maximum atomic E-state index is 13.5. The number of likely N-dealkylation sites (tertiary alicyclic amines) is 1. The van der Waals surface area contributed by atoms with Crippen LogP contribution in [0.15, 0.2) is 71.3 Å². The van der Waals surface area contributed by atoms with Gasteiger partial charge >= 0.3 is 0 Å². The Labute approximate surface area is 169 Å². The number of rotatable bonds is 5. The molecule has 2 aromatic heterocycles. The SMILES string of the molecule is FC1CCN(Cc2cn(Cc3ccccc3)nc2-c2cc3ccccc3o2)CC1. The minimum atomic E-state index is -0.665. The Morgan fingerprint density at radius 3 is 2.52 bits per heavy atom. The Morgan fingerprint density at radius 1 is 0.966 bits per heavy atom. The first kappa shape index (κ1) is 18.1. The number of para-hydroxylation sites is 1. The maximum absolute atomic E-state index is 13.5. The van der Waals surface area contributed by atoms with Crippen LogP contribution < -0.4 is 0 Å². The van der Waals surface area contributed by atoms with E-state index in [1.54, 1.807) is 0 Å². The van der Waals surface area contributed by atoms with E-state index in [0.29, 0.717) is 19.4 Å². The van der Waals surface area contributed by atoms with E-state index in [2.05, 4.69) is 35.4 Å². The van der Waals surface area contributed by atoms with Crippen LogP contribution in [0.1, 0.15) is 24.0 Å². The van der Waals surface area contributed by atoms with Gasteiger partial charge in [-0.25, -0.2) is 4.39 Å². The highest BCUT2D eigenvalue weighted by molar-refractivity contribution is 5.82. The number of hydrogen-bond acceptors (Lipinski definition) is 3. The Morgan fingerprint density at radius 2 is 1.72 bits per heavy atom. The summed E-state index contributed by atoms with van der Waals surface area (Å²) in [6.07, 6.45) is 2.66. The monoisotopic (exact) mass is 389 g/mol. The zero-order chi connectivity index (χ0) is 19.6. The molecule has 1 aliphatic heterocycles. The van der Waals surface area contributed by atoms with E-state index in [-0.39, 0.29) is 0 Å². The molecular formula is C24H24FN3O. The number of piperidine rings is 1. The molecule has 4 aromatic rings. The van der Waals surface area contributed by atoms with Gasteiger partial charge in [0.25, 0.3) is 0 Å². The van der Waals surface area contributed by atoms with Crippen LogP contribution in [-0.4, -0.2) is 33.9 Å². The average Bonchev–Trinajstić information content (AvgIpc) is 3.34. The predicted octanol–water partition coefficient (Wildman–Crippen LogP) is 5.28. The fourth-order valence-electron chi connectivity index (χ4n) is 4.04. The van der Waals surface area contributed by atoms with Crippen molar-refractivity contribution >= 4 is 11.0 Å². The highest BCUT2D eigenvalue weighted by Crippen LogP contribution is 2.30. The third-order valence-electron chi connectivity index (χ3n) is 5.59. The molecule has 4 nitrogen and oxygen atoms in total. The van der Waals surface area contributed by atoms with E-state index < -0.39 is 6.17 Å². The molecule has 3 heterocycles. The fraction of sp³-hybridized carbons (Fsp3) is 0.292. The molecule has 148 valence electrons. The van der Waals surface area contributed by atoms with E-state index in [1.165, 1.54) is 5.56 Å². The zero-order valence-corrected chi connectivity index (χ0v) is 16.3. The molecule has 5 heteroatoms. The van der Waals surface area contributed by atoms with Crippen LogP contribution >= 0.6 is 0 Å². The van der Waals surface area contributed by atoms with Gasteiger partial charge in [-0.05, 0) is 30.5 Å². The number of furan rings is 1. The number of nitrogens with zero attached hydrogens (tertiary/aromatic N) is 3. The summed E-state index contributed by atoms with van der Waals surface area (Å²) in [5, 5.41) is 5.95. The van der Waals surface area contributed by atoms with Gasteiger partial charge in [-0.15, -0.1) is 0 Å². The molecule has 29 heavy (non-hydrogen) atoms. The lowest BCUT2D eigenvalue weighted by atomic mass is 10.1. The number of hydrogen-bond donors (Lipinski definition) is 0. The Kier molecular flexibility index (Phi) is 4.90. The standard InChI is InChI=1S/C24H24FN3O/c25-21-10-12-27(13-11-21)16-20-17-28(15-18-6-2-1-3-7-18)26-24(20)23-14-19-8-4-5-9-22(19)29-23/h1-9,14,17,21H,10-13,15-16H2. The molecule has 0 spiro atoms. The van der Waals surface area contributed by atoms with Crippen LogP contribution in [0.5, 0.6) is 0 Å². The minimum Gasteiger partial charge on any atom is -0.454 e. The molecule has 0 saturated carbocycles. The topological polar surface area (TPSA) is 34.2 Å². The van der Waals surface area contributed by atoms with Crippen LogP contribution in [0.3, 0.4) is 0 Å². The summed E-state index contributed by atoms with van der Waals surface area (Å²) in [6, 6.07) is 20.4. The van der Waals surface area contributed by atoms with Crippen molar-refractivity contribution in [1.29, 1.82) is 0 Å². The van der Waals surface area contributed by atoms with Crippen molar-refractivity contribution < 1.29 is 8.81 Å². The van der Waals surface area contributed by atoms with Crippen molar-refractivity contribution in [3.05, 3.63) is 78.0 Å². The molecule has 0 bridgehead atoms. The minimum absolute atomic E-state index is 0.609. The molecule has 1 fully saturated rings. The van der Waals surface area contributed by atoms with Crippen molar-refractivity contribution in [2.45, 2.75) is 32.1 Å². The lowest BCUT2D eigenvalue weighted by Gasteiger charge is -2.28. The van der Waals surface area contributed by atoms with Crippen LogP contribution in [0.2, 0.25) is 0 Å². The summed E-state index contributed by atoms with van der Waals surface area (Å²) in [5.74, 6) is 0.786. The second-order valence-corrected chi connectivity index (χ2v) is 7.79. The number of aromatic nitrogens is 2. The molecule has 0 N–H and O–H groups in total. The van der Waals surface area contributed by atoms with Gasteiger partial charge in [-0.2, -0.15) is 5.10 Å². The summed E-state index contributed by atoms with van der Waals surface area (Å²) in [6.45, 7) is 3.03. The summed E-state index contributed by atoms with van der Waals surface area (Å²) in [5.41, 5.74) is 4.07. The molecule has 0 unspecified atom stereocenters. The quantitative estimate of drug-likeness (QED) is 0.466. The van der Waals surface area contributed by atoms with Crippen molar-refractivity contribution in [3.63, 3.8) is 0 Å². The first-order valence-electron chi connectivity index (χ1n) is 10.2. The molecule has 0 radical (unpaired) electrons. The largest absolute Gasteiger partial charge is 0.454 e. The highest BCUT2D eigenvalue weighted by Gasteiger charge is 2.22. The van der Waals surface area contributed by atoms with E-state index in [1.807, 2.05) is 41.1 Å². The average molecular weight is 389 g/mol. The molecular weight excluding hydrogens is 365 g/mol. The summed E-state index contributed by atoms with van der Waals surface area (Å²) in [7, 11) is 0. The number of fused-ring (bicyclic) bond motifs is 1. The smallest absolute Gasteiger partial charge is 0.156 e. The van der Waals surface area contributed by atoms with E-state index >= 15 is 0 Å². The molecule has 0 aliphatic carbocycles. The molecule has 5 rings (SSSR count). The highest BCUT2D eigenvalue weighted by atomic mass is 19.1. The second kappa shape index (κ2) is 7.84. The van der Waals surface area contributed by atoms with Crippen molar-refractivity contribution in [2.24, 2.45) is 0 Å². The number of halogens is 1. The van der Waals surface area contributed by atoms with Crippen molar-refractivity contribution in [2.75, 3.05) is 13.1 Å². The maximum Gasteiger partial charge on any atom is 0.156 e. The number of alkyl halides is 1. The lowest BCUT2D eigenvalue weighted by Crippen LogP contribution is -2.33. The summed E-state index contributed by atoms with van der Waals surface area (Å²) < 4.78 is 21.6. The normalized spacial score (nSPS) is 15.9. The van der Waals surface area contributed by atoms with Crippen molar-refractivity contribution in [1.82, 2.24) is 14.7 Å². The third-order valence-corrected chi connectivity index (χ3v) is 5.59. The van der Waals surface area contributed by atoms with Gasteiger partial charge in [0.1, 0.15) is 17.4 Å². The Balaban J connectivity index is 1.48. The van der Waals surface area contributed by atoms with Crippen molar-refractivity contribution in [3.8, 4) is 11.5 Å². The Hall–Kier alpha value is -2.92. The molecule has 0 amide bonds. The van der Waals surface area contributed by atoms with E-state index in [4.69, 9.17) is 9.52 Å². The molecule has 1 saturated heterocycles. The van der Waals surface area contributed by atoms with Crippen LogP contribution in [-0.2, 0) is 13.1 Å². The summed E-state index contributed by atoms with van der Waals surface area (Å²) >= 11 is 0.